The molecule has 0 aromatic heterocycles. The van der Waals surface area contributed by atoms with Gasteiger partial charge in [0.15, 0.2) is 0 Å². The molecule has 0 aliphatic heterocycles. The Kier molecular flexibility index (Phi) is 8.81. The topological polar surface area (TPSA) is 36.9 Å². The van der Waals surface area contributed by atoms with Crippen molar-refractivity contribution >= 4 is 9.05 Å². The molecule has 0 aromatic rings. The van der Waals surface area contributed by atoms with Crippen LogP contribution in [0.2, 0.25) is 0 Å². The zero-order valence-corrected chi connectivity index (χ0v) is 14.9. The van der Waals surface area contributed by atoms with Gasteiger partial charge in [0.25, 0.3) is 0 Å². The van der Waals surface area contributed by atoms with Gasteiger partial charge in [0.1, 0.15) is 0 Å². The zero-order chi connectivity index (χ0) is 16.5. The summed E-state index contributed by atoms with van der Waals surface area (Å²) in [7, 11) is -3.40. The lowest BCUT2D eigenvalue weighted by molar-refractivity contribution is 0.0181. The SMILES string of the molecule is C=CC=C(C)O[Si](OCCC(C)C)(OC(=C)C)OC(=C)C. The molecule has 0 unspecified atom stereocenters. The van der Waals surface area contributed by atoms with Gasteiger partial charge in [-0.2, -0.15) is 0 Å². The Balaban J connectivity index is 5.18. The minimum Gasteiger partial charge on any atom is -0.467 e. The lowest BCUT2D eigenvalue weighted by Gasteiger charge is -2.28. The van der Waals surface area contributed by atoms with E-state index in [0.717, 1.165) is 6.42 Å². The first-order valence-electron chi connectivity index (χ1n) is 7.02. The minimum absolute atomic E-state index is 0.471. The van der Waals surface area contributed by atoms with Gasteiger partial charge in [0.2, 0.25) is 0 Å². The minimum atomic E-state index is -3.40. The summed E-state index contributed by atoms with van der Waals surface area (Å²) in [6.07, 6.45) is 4.22. The van der Waals surface area contributed by atoms with E-state index in [1.54, 1.807) is 32.9 Å². The van der Waals surface area contributed by atoms with Gasteiger partial charge in [-0.3, -0.25) is 0 Å². The van der Waals surface area contributed by atoms with Crippen molar-refractivity contribution < 1.29 is 17.7 Å². The molecule has 0 bridgehead atoms. The molecule has 0 rings (SSSR count). The fourth-order valence-electron chi connectivity index (χ4n) is 1.39. The second kappa shape index (κ2) is 9.47. The molecule has 0 radical (unpaired) electrons. The highest BCUT2D eigenvalue weighted by molar-refractivity contribution is 6.54. The molecule has 0 atom stereocenters. The van der Waals surface area contributed by atoms with Crippen LogP contribution in [0.5, 0.6) is 0 Å². The van der Waals surface area contributed by atoms with Gasteiger partial charge in [-0.1, -0.05) is 39.7 Å². The second-order valence-corrected chi connectivity index (χ2v) is 7.16. The highest BCUT2D eigenvalue weighted by atomic mass is 28.4. The fraction of sp³-hybridized carbons (Fsp3) is 0.500. The van der Waals surface area contributed by atoms with Crippen molar-refractivity contribution in [3.05, 3.63) is 49.2 Å². The molecule has 0 saturated heterocycles. The van der Waals surface area contributed by atoms with Crippen LogP contribution in [0.4, 0.5) is 0 Å². The van der Waals surface area contributed by atoms with Gasteiger partial charge in [0.05, 0.1) is 17.3 Å². The van der Waals surface area contributed by atoms with Crippen molar-refractivity contribution in [1.29, 1.82) is 0 Å². The predicted molar refractivity (Wildman–Crippen MR) is 88.0 cm³/mol. The van der Waals surface area contributed by atoms with E-state index < -0.39 is 9.05 Å². The van der Waals surface area contributed by atoms with Gasteiger partial charge in [-0.05, 0) is 39.2 Å². The lowest BCUT2D eigenvalue weighted by atomic mass is 10.2. The summed E-state index contributed by atoms with van der Waals surface area (Å²) in [5.74, 6) is 2.05. The van der Waals surface area contributed by atoms with E-state index in [1.807, 2.05) is 0 Å². The van der Waals surface area contributed by atoms with Crippen LogP contribution in [0, 0.1) is 5.92 Å². The Bertz CT molecular complexity index is 383. The maximum absolute atomic E-state index is 5.85. The van der Waals surface area contributed by atoms with Crippen molar-refractivity contribution in [1.82, 2.24) is 0 Å². The van der Waals surface area contributed by atoms with Crippen LogP contribution in [0.25, 0.3) is 0 Å². The van der Waals surface area contributed by atoms with Gasteiger partial charge in [-0.25, -0.2) is 0 Å². The molecule has 0 fully saturated rings. The molecular formula is C16H28O4Si. The highest BCUT2D eigenvalue weighted by Crippen LogP contribution is 2.22. The number of allylic oxidation sites excluding steroid dienone is 5. The standard InChI is InChI=1S/C16H28O4Si/c1-9-10-16(8)20-21(18-14(4)5,19-15(6)7)17-12-11-13(2)3/h9-10,13H,1,4,6,11-12H2,2-3,5,7-8H3. The predicted octanol–water partition coefficient (Wildman–Crippen LogP) is 4.69. The van der Waals surface area contributed by atoms with Crippen LogP contribution in [0.1, 0.15) is 41.0 Å². The van der Waals surface area contributed by atoms with Crippen LogP contribution in [0.3, 0.4) is 0 Å². The Morgan fingerprint density at radius 3 is 1.95 bits per heavy atom. The summed E-state index contributed by atoms with van der Waals surface area (Å²) in [5.41, 5.74) is 0. The summed E-state index contributed by atoms with van der Waals surface area (Å²) in [4.78, 5) is 0. The Labute approximate surface area is 130 Å². The van der Waals surface area contributed by atoms with Gasteiger partial charge < -0.3 is 17.7 Å². The summed E-state index contributed by atoms with van der Waals surface area (Å²) >= 11 is 0. The summed E-state index contributed by atoms with van der Waals surface area (Å²) < 4.78 is 23.1. The van der Waals surface area contributed by atoms with Gasteiger partial charge >= 0.3 is 9.05 Å². The summed E-state index contributed by atoms with van der Waals surface area (Å²) in [6.45, 7) is 21.1. The fourth-order valence-corrected chi connectivity index (χ4v) is 3.38. The first kappa shape index (κ1) is 19.5. The van der Waals surface area contributed by atoms with Crippen molar-refractivity contribution in [3.8, 4) is 0 Å². The second-order valence-electron chi connectivity index (χ2n) is 5.25. The molecular weight excluding hydrogens is 284 g/mol. The third kappa shape index (κ3) is 9.15. The third-order valence-electron chi connectivity index (χ3n) is 2.21. The Morgan fingerprint density at radius 1 is 1.05 bits per heavy atom. The molecule has 5 heteroatoms. The smallest absolute Gasteiger partial charge is 0.467 e. The molecule has 0 aliphatic rings. The van der Waals surface area contributed by atoms with E-state index in [-0.39, 0.29) is 0 Å². The van der Waals surface area contributed by atoms with E-state index >= 15 is 0 Å². The van der Waals surface area contributed by atoms with E-state index in [1.165, 1.54) is 0 Å². The average Bonchev–Trinajstić information content (AvgIpc) is 2.25. The molecule has 120 valence electrons. The lowest BCUT2D eigenvalue weighted by Crippen LogP contribution is -2.48. The van der Waals surface area contributed by atoms with Gasteiger partial charge in [-0.15, -0.1) is 0 Å². The monoisotopic (exact) mass is 312 g/mol. The largest absolute Gasteiger partial charge is 0.892 e. The summed E-state index contributed by atoms with van der Waals surface area (Å²) in [5, 5.41) is 0. The molecule has 0 aromatic carbocycles. The van der Waals surface area contributed by atoms with E-state index in [2.05, 4.69) is 33.6 Å². The molecule has 0 spiro atoms. The average molecular weight is 312 g/mol. The Hall–Kier alpha value is -1.46. The van der Waals surface area contributed by atoms with E-state index in [9.17, 15) is 0 Å². The number of hydrogen-bond acceptors (Lipinski definition) is 4. The summed E-state index contributed by atoms with van der Waals surface area (Å²) in [6, 6.07) is 0. The van der Waals surface area contributed by atoms with Gasteiger partial charge in [0, 0.05) is 6.61 Å². The molecule has 0 amide bonds. The van der Waals surface area contributed by atoms with Crippen LogP contribution in [-0.2, 0) is 17.7 Å². The maximum Gasteiger partial charge on any atom is 0.892 e. The van der Waals surface area contributed by atoms with Crippen LogP contribution < -0.4 is 0 Å². The van der Waals surface area contributed by atoms with Crippen molar-refractivity contribution in [2.24, 2.45) is 5.92 Å². The molecule has 4 nitrogen and oxygen atoms in total. The third-order valence-corrected chi connectivity index (χ3v) is 4.54. The first-order chi connectivity index (χ1) is 9.70. The maximum atomic E-state index is 5.85. The van der Waals surface area contributed by atoms with Crippen LogP contribution in [0.15, 0.2) is 49.2 Å². The first-order valence-corrected chi connectivity index (χ1v) is 8.65. The molecule has 0 N–H and O–H groups in total. The zero-order valence-electron chi connectivity index (χ0n) is 13.9. The van der Waals surface area contributed by atoms with Crippen LogP contribution in [-0.4, -0.2) is 15.7 Å². The molecule has 0 saturated carbocycles. The normalized spacial score (nSPS) is 12.0. The van der Waals surface area contributed by atoms with E-state index in [4.69, 9.17) is 17.7 Å². The van der Waals surface area contributed by atoms with E-state index in [0.29, 0.717) is 29.8 Å². The van der Waals surface area contributed by atoms with Crippen molar-refractivity contribution in [3.63, 3.8) is 0 Å². The van der Waals surface area contributed by atoms with Crippen molar-refractivity contribution in [2.75, 3.05) is 6.61 Å². The molecule has 0 heterocycles. The quantitative estimate of drug-likeness (QED) is 0.315. The van der Waals surface area contributed by atoms with Crippen LogP contribution >= 0.6 is 0 Å². The van der Waals surface area contributed by atoms with Crippen molar-refractivity contribution in [2.45, 2.75) is 41.0 Å². The Morgan fingerprint density at radius 2 is 1.57 bits per heavy atom. The number of hydrogen-bond donors (Lipinski definition) is 0. The highest BCUT2D eigenvalue weighted by Gasteiger charge is 2.54. The molecule has 0 aliphatic carbocycles. The number of rotatable bonds is 11. The molecule has 21 heavy (non-hydrogen) atoms.